The van der Waals surface area contributed by atoms with Crippen molar-refractivity contribution in [1.82, 2.24) is 0 Å². The summed E-state index contributed by atoms with van der Waals surface area (Å²) in [5, 5.41) is -0.868. The summed E-state index contributed by atoms with van der Waals surface area (Å²) in [7, 11) is -8.93. The van der Waals surface area contributed by atoms with Crippen molar-refractivity contribution in [2.75, 3.05) is 0 Å². The second-order valence-corrected chi connectivity index (χ2v) is 8.15. The zero-order chi connectivity index (χ0) is 14.8. The molecule has 0 aliphatic rings. The molecule has 19 heavy (non-hydrogen) atoms. The van der Waals surface area contributed by atoms with Crippen molar-refractivity contribution in [1.29, 1.82) is 0 Å². The fourth-order valence-corrected chi connectivity index (χ4v) is 4.25. The highest BCUT2D eigenvalue weighted by Crippen LogP contribution is 2.55. The van der Waals surface area contributed by atoms with Crippen molar-refractivity contribution in [2.24, 2.45) is 0 Å². The summed E-state index contributed by atoms with van der Waals surface area (Å²) in [6.07, 6.45) is 0.416. The Morgan fingerprint density at radius 3 is 2.21 bits per heavy atom. The molecule has 108 valence electrons. The summed E-state index contributed by atoms with van der Waals surface area (Å²) in [5.74, 6) is 0. The molecule has 0 fully saturated rings. The van der Waals surface area contributed by atoms with Gasteiger partial charge in [-0.25, -0.2) is 0 Å². The van der Waals surface area contributed by atoms with E-state index in [0.29, 0.717) is 6.42 Å². The molecule has 6 nitrogen and oxygen atoms in total. The van der Waals surface area contributed by atoms with Gasteiger partial charge in [0.05, 0.1) is 11.0 Å². The van der Waals surface area contributed by atoms with Crippen molar-refractivity contribution in [3.63, 3.8) is 0 Å². The number of hydrogen-bond donors (Lipinski definition) is 5. The zero-order valence-electron chi connectivity index (χ0n) is 10.1. The minimum atomic E-state index is -4.47. The lowest BCUT2D eigenvalue weighted by molar-refractivity contribution is 0.356. The zero-order valence-corrected chi connectivity index (χ0v) is 12.8. The van der Waals surface area contributed by atoms with E-state index in [0.717, 1.165) is 6.07 Å². The van der Waals surface area contributed by atoms with Crippen LogP contribution in [0.5, 0.6) is 0 Å². The molecule has 0 saturated heterocycles. The first-order valence-corrected chi connectivity index (χ1v) is 9.27. The maximum absolute atomic E-state index is 11.5. The van der Waals surface area contributed by atoms with E-state index in [9.17, 15) is 18.9 Å². The van der Waals surface area contributed by atoms with E-state index in [4.69, 9.17) is 9.79 Å². The van der Waals surface area contributed by atoms with Gasteiger partial charge in [-0.05, 0) is 24.1 Å². The molecule has 0 spiro atoms. The molecule has 1 rings (SSSR count). The van der Waals surface area contributed by atoms with E-state index in [1.807, 2.05) is 0 Å². The van der Waals surface area contributed by atoms with Gasteiger partial charge in [-0.1, -0.05) is 19.1 Å². The molecule has 1 aromatic rings. The van der Waals surface area contributed by atoms with Crippen LogP contribution < -0.4 is 5.30 Å². The first-order valence-electron chi connectivity index (χ1n) is 5.46. The van der Waals surface area contributed by atoms with Gasteiger partial charge in [-0.3, -0.25) is 9.13 Å². The molecule has 4 N–H and O–H groups in total. The Labute approximate surface area is 116 Å². The topological polar surface area (TPSA) is 115 Å². The SMILES string of the molecule is CCC(S)C(c1cccc(P(=O)(O)O)c1)P(=O)(O)O. The Balaban J connectivity index is 3.33. The average Bonchev–Trinajstić information content (AvgIpc) is 2.26. The lowest BCUT2D eigenvalue weighted by Gasteiger charge is -2.24. The lowest BCUT2D eigenvalue weighted by atomic mass is 10.1. The van der Waals surface area contributed by atoms with E-state index >= 15 is 0 Å². The third kappa shape index (κ3) is 4.43. The fraction of sp³-hybridized carbons (Fsp3) is 0.400. The van der Waals surface area contributed by atoms with Crippen molar-refractivity contribution in [3.05, 3.63) is 29.8 Å². The van der Waals surface area contributed by atoms with Crippen molar-refractivity contribution in [3.8, 4) is 0 Å². The fourth-order valence-electron chi connectivity index (χ4n) is 1.75. The second kappa shape index (κ2) is 6.10. The molecular weight excluding hydrogens is 310 g/mol. The number of thiol groups is 1. The van der Waals surface area contributed by atoms with Gasteiger partial charge in [0.15, 0.2) is 0 Å². The quantitative estimate of drug-likeness (QED) is 0.413. The van der Waals surface area contributed by atoms with Gasteiger partial charge >= 0.3 is 15.2 Å². The minimum absolute atomic E-state index is 0.177. The van der Waals surface area contributed by atoms with E-state index < -0.39 is 26.1 Å². The summed E-state index contributed by atoms with van der Waals surface area (Å²) < 4.78 is 22.7. The van der Waals surface area contributed by atoms with Crippen molar-refractivity contribution >= 4 is 33.1 Å². The number of rotatable bonds is 5. The van der Waals surface area contributed by atoms with Gasteiger partial charge in [-0.15, -0.1) is 0 Å². The van der Waals surface area contributed by atoms with E-state index in [2.05, 4.69) is 12.6 Å². The predicted molar refractivity (Wildman–Crippen MR) is 76.0 cm³/mol. The van der Waals surface area contributed by atoms with Crippen LogP contribution >= 0.6 is 27.8 Å². The first kappa shape index (κ1) is 16.9. The van der Waals surface area contributed by atoms with Crippen LogP contribution in [-0.2, 0) is 9.13 Å². The normalized spacial score (nSPS) is 16.1. The molecule has 2 unspecified atom stereocenters. The molecule has 0 saturated carbocycles. The van der Waals surface area contributed by atoms with Crippen LogP contribution in [0.4, 0.5) is 0 Å². The Hall–Kier alpha value is -0.130. The third-order valence-electron chi connectivity index (χ3n) is 2.69. The molecule has 2 atom stereocenters. The lowest BCUT2D eigenvalue weighted by Crippen LogP contribution is -2.15. The smallest absolute Gasteiger partial charge is 0.324 e. The monoisotopic (exact) mass is 326 g/mol. The predicted octanol–water partition coefficient (Wildman–Crippen LogP) is 1.42. The van der Waals surface area contributed by atoms with Gasteiger partial charge in [0.1, 0.15) is 0 Å². The van der Waals surface area contributed by atoms with Crippen LogP contribution in [0.25, 0.3) is 0 Å². The van der Waals surface area contributed by atoms with Crippen LogP contribution in [0.3, 0.4) is 0 Å². The van der Waals surface area contributed by atoms with Crippen LogP contribution in [0, 0.1) is 0 Å². The van der Waals surface area contributed by atoms with E-state index in [1.165, 1.54) is 18.2 Å². The van der Waals surface area contributed by atoms with Crippen molar-refractivity contribution < 1.29 is 28.7 Å². The highest BCUT2D eigenvalue weighted by atomic mass is 32.1. The van der Waals surface area contributed by atoms with Crippen LogP contribution in [0.2, 0.25) is 0 Å². The average molecular weight is 326 g/mol. The van der Waals surface area contributed by atoms with Gasteiger partial charge < -0.3 is 19.6 Å². The molecule has 0 aromatic heterocycles. The number of benzene rings is 1. The summed E-state index contributed by atoms with van der Waals surface area (Å²) in [4.78, 5) is 37.0. The maximum atomic E-state index is 11.5. The molecule has 0 aliphatic heterocycles. The first-order chi connectivity index (χ1) is 8.57. The largest absolute Gasteiger partial charge is 0.356 e. The summed E-state index contributed by atoms with van der Waals surface area (Å²) >= 11 is 4.15. The Morgan fingerprint density at radius 2 is 1.79 bits per heavy atom. The van der Waals surface area contributed by atoms with Crippen LogP contribution in [0.15, 0.2) is 24.3 Å². The van der Waals surface area contributed by atoms with Crippen molar-refractivity contribution in [2.45, 2.75) is 24.3 Å². The van der Waals surface area contributed by atoms with Gasteiger partial charge in [0, 0.05) is 5.25 Å². The molecule has 0 aliphatic carbocycles. The summed E-state index contributed by atoms with van der Waals surface area (Å²) in [6.45, 7) is 1.73. The second-order valence-electron chi connectivity index (χ2n) is 4.15. The molecule has 1 aromatic carbocycles. The van der Waals surface area contributed by atoms with Gasteiger partial charge in [0.25, 0.3) is 0 Å². The minimum Gasteiger partial charge on any atom is -0.324 e. The molecule has 0 bridgehead atoms. The molecule has 0 radical (unpaired) electrons. The Bertz CT molecular complexity index is 537. The highest BCUT2D eigenvalue weighted by Gasteiger charge is 2.35. The number of hydrogen-bond acceptors (Lipinski definition) is 3. The van der Waals surface area contributed by atoms with Gasteiger partial charge in [0.2, 0.25) is 0 Å². The standard InChI is InChI=1S/C10H16O6P2S/c1-2-9(19)10(18(14,15)16)7-4-3-5-8(6-7)17(11,12)13/h3-6,9-10,19H,2H2,1H3,(H2,11,12,13)(H2,14,15,16). The van der Waals surface area contributed by atoms with Gasteiger partial charge in [-0.2, -0.15) is 12.6 Å². The Morgan fingerprint density at radius 1 is 1.21 bits per heavy atom. The molecule has 0 amide bonds. The Kier molecular flexibility index (Phi) is 5.43. The maximum Gasteiger partial charge on any atom is 0.356 e. The third-order valence-corrected chi connectivity index (χ3v) is 5.93. The molecule has 9 heteroatoms. The summed E-state index contributed by atoms with van der Waals surface area (Å²) in [6, 6.07) is 5.15. The van der Waals surface area contributed by atoms with Crippen LogP contribution in [0.1, 0.15) is 24.6 Å². The van der Waals surface area contributed by atoms with E-state index in [-0.39, 0.29) is 10.9 Å². The van der Waals surface area contributed by atoms with E-state index in [1.54, 1.807) is 6.92 Å². The highest BCUT2D eigenvalue weighted by molar-refractivity contribution is 7.81. The van der Waals surface area contributed by atoms with Crippen LogP contribution in [-0.4, -0.2) is 24.8 Å². The molecule has 0 heterocycles. The molecular formula is C10H16O6P2S. The summed E-state index contributed by atoms with van der Waals surface area (Å²) in [5.41, 5.74) is -1.01.